The second-order valence-electron chi connectivity index (χ2n) is 4.98. The SMILES string of the molecule is Sc1ccc(Cl)cc1-c1ccc(Cl)cc1-c1ccc(Cl)cc1Cl. The van der Waals surface area contributed by atoms with Crippen LogP contribution in [0, 0.1) is 0 Å². The monoisotopic (exact) mass is 398 g/mol. The third kappa shape index (κ3) is 3.65. The molecule has 0 saturated heterocycles. The lowest BCUT2D eigenvalue weighted by Crippen LogP contribution is -1.88. The molecule has 0 heterocycles. The second-order valence-corrected chi connectivity index (χ2v) is 7.17. The minimum atomic E-state index is 0.559. The van der Waals surface area contributed by atoms with E-state index in [0.29, 0.717) is 20.1 Å². The van der Waals surface area contributed by atoms with Crippen molar-refractivity contribution >= 4 is 59.0 Å². The molecule has 3 rings (SSSR count). The van der Waals surface area contributed by atoms with E-state index in [0.717, 1.165) is 27.1 Å². The topological polar surface area (TPSA) is 0 Å². The first-order valence-electron chi connectivity index (χ1n) is 6.69. The highest BCUT2D eigenvalue weighted by molar-refractivity contribution is 7.80. The number of hydrogen-bond donors (Lipinski definition) is 1. The Labute approximate surface area is 160 Å². The Morgan fingerprint density at radius 2 is 1.04 bits per heavy atom. The van der Waals surface area contributed by atoms with E-state index in [1.807, 2.05) is 36.4 Å². The Kier molecular flexibility index (Phi) is 5.15. The first-order valence-corrected chi connectivity index (χ1v) is 8.65. The van der Waals surface area contributed by atoms with Crippen LogP contribution in [0.25, 0.3) is 22.3 Å². The summed E-state index contributed by atoms with van der Waals surface area (Å²) < 4.78 is 0. The maximum absolute atomic E-state index is 6.37. The Balaban J connectivity index is 2.29. The van der Waals surface area contributed by atoms with E-state index in [1.54, 1.807) is 18.2 Å². The molecular weight excluding hydrogens is 390 g/mol. The van der Waals surface area contributed by atoms with Gasteiger partial charge >= 0.3 is 0 Å². The Hall–Kier alpha value is -0.830. The van der Waals surface area contributed by atoms with E-state index in [-0.39, 0.29) is 0 Å². The van der Waals surface area contributed by atoms with Gasteiger partial charge in [-0.25, -0.2) is 0 Å². The van der Waals surface area contributed by atoms with E-state index < -0.39 is 0 Å². The third-order valence-corrected chi connectivity index (χ3v) is 4.86. The molecule has 0 saturated carbocycles. The van der Waals surface area contributed by atoms with Crippen LogP contribution in [-0.4, -0.2) is 0 Å². The summed E-state index contributed by atoms with van der Waals surface area (Å²) in [6, 6.07) is 16.6. The van der Waals surface area contributed by atoms with Gasteiger partial charge in [0, 0.05) is 30.5 Å². The highest BCUT2D eigenvalue weighted by atomic mass is 35.5. The Bertz CT molecular complexity index is 890. The molecule has 0 aliphatic rings. The maximum atomic E-state index is 6.37. The molecule has 116 valence electrons. The largest absolute Gasteiger partial charge is 0.143 e. The van der Waals surface area contributed by atoms with Crippen LogP contribution in [0.5, 0.6) is 0 Å². The van der Waals surface area contributed by atoms with Crippen molar-refractivity contribution in [3.63, 3.8) is 0 Å². The molecule has 0 spiro atoms. The van der Waals surface area contributed by atoms with Crippen LogP contribution in [0.1, 0.15) is 0 Å². The van der Waals surface area contributed by atoms with Gasteiger partial charge in [-0.1, -0.05) is 58.5 Å². The van der Waals surface area contributed by atoms with E-state index in [9.17, 15) is 0 Å². The average Bonchev–Trinajstić information content (AvgIpc) is 2.50. The van der Waals surface area contributed by atoms with Gasteiger partial charge in [0.25, 0.3) is 0 Å². The summed E-state index contributed by atoms with van der Waals surface area (Å²) in [6.45, 7) is 0. The van der Waals surface area contributed by atoms with Crippen molar-refractivity contribution < 1.29 is 0 Å². The minimum absolute atomic E-state index is 0.559. The summed E-state index contributed by atoms with van der Waals surface area (Å²) in [7, 11) is 0. The van der Waals surface area contributed by atoms with Crippen LogP contribution in [0.15, 0.2) is 59.5 Å². The van der Waals surface area contributed by atoms with Gasteiger partial charge in [0.15, 0.2) is 0 Å². The molecule has 5 heteroatoms. The lowest BCUT2D eigenvalue weighted by molar-refractivity contribution is 1.45. The number of halogens is 4. The molecule has 0 N–H and O–H groups in total. The van der Waals surface area contributed by atoms with Crippen LogP contribution in [-0.2, 0) is 0 Å². The molecule has 3 aromatic carbocycles. The van der Waals surface area contributed by atoms with Crippen LogP contribution in [0.2, 0.25) is 20.1 Å². The Morgan fingerprint density at radius 3 is 1.70 bits per heavy atom. The van der Waals surface area contributed by atoms with Gasteiger partial charge in [-0.3, -0.25) is 0 Å². The van der Waals surface area contributed by atoms with Gasteiger partial charge in [0.05, 0.1) is 0 Å². The van der Waals surface area contributed by atoms with Crippen molar-refractivity contribution in [1.82, 2.24) is 0 Å². The normalized spacial score (nSPS) is 10.8. The fourth-order valence-corrected chi connectivity index (χ4v) is 3.52. The molecule has 0 aliphatic carbocycles. The van der Waals surface area contributed by atoms with Crippen LogP contribution in [0.4, 0.5) is 0 Å². The standard InChI is InChI=1S/C18H10Cl4S/c19-10-1-4-13(16-8-11(20)3-6-18(16)23)15(7-10)14-5-2-12(21)9-17(14)22/h1-9,23H. The van der Waals surface area contributed by atoms with Crippen molar-refractivity contribution in [1.29, 1.82) is 0 Å². The number of thiol groups is 1. The molecular formula is C18H10Cl4S. The van der Waals surface area contributed by atoms with Crippen molar-refractivity contribution in [3.05, 3.63) is 74.7 Å². The molecule has 0 nitrogen and oxygen atoms in total. The van der Waals surface area contributed by atoms with Crippen LogP contribution in [0.3, 0.4) is 0 Å². The van der Waals surface area contributed by atoms with E-state index in [2.05, 4.69) is 12.6 Å². The summed E-state index contributed by atoms with van der Waals surface area (Å²) in [5.41, 5.74) is 3.61. The Morgan fingerprint density at radius 1 is 0.522 bits per heavy atom. The van der Waals surface area contributed by atoms with Gasteiger partial charge in [0.1, 0.15) is 0 Å². The molecule has 0 unspecified atom stereocenters. The predicted octanol–water partition coefficient (Wildman–Crippen LogP) is 7.92. The van der Waals surface area contributed by atoms with Gasteiger partial charge in [-0.05, 0) is 59.2 Å². The molecule has 0 radical (unpaired) electrons. The molecule has 0 aliphatic heterocycles. The van der Waals surface area contributed by atoms with Crippen molar-refractivity contribution in [3.8, 4) is 22.3 Å². The van der Waals surface area contributed by atoms with E-state index in [4.69, 9.17) is 46.4 Å². The zero-order valence-corrected chi connectivity index (χ0v) is 15.6. The summed E-state index contributed by atoms with van der Waals surface area (Å²) in [6.07, 6.45) is 0. The lowest BCUT2D eigenvalue weighted by atomic mass is 9.94. The minimum Gasteiger partial charge on any atom is -0.143 e. The summed E-state index contributed by atoms with van der Waals surface area (Å²) in [4.78, 5) is 0.822. The molecule has 0 amide bonds. The van der Waals surface area contributed by atoms with Crippen molar-refractivity contribution in [2.45, 2.75) is 4.90 Å². The molecule has 0 atom stereocenters. The zero-order chi connectivity index (χ0) is 16.6. The quantitative estimate of drug-likeness (QED) is 0.415. The van der Waals surface area contributed by atoms with Crippen molar-refractivity contribution in [2.75, 3.05) is 0 Å². The fourth-order valence-electron chi connectivity index (χ4n) is 2.41. The number of benzene rings is 3. The van der Waals surface area contributed by atoms with Crippen molar-refractivity contribution in [2.24, 2.45) is 0 Å². The van der Waals surface area contributed by atoms with Gasteiger partial charge in [0.2, 0.25) is 0 Å². The molecule has 0 fully saturated rings. The average molecular weight is 400 g/mol. The highest BCUT2D eigenvalue weighted by Crippen LogP contribution is 2.41. The van der Waals surface area contributed by atoms with Crippen LogP contribution < -0.4 is 0 Å². The maximum Gasteiger partial charge on any atom is 0.0499 e. The summed E-state index contributed by atoms with van der Waals surface area (Å²) in [5.74, 6) is 0. The van der Waals surface area contributed by atoms with Gasteiger partial charge in [-0.2, -0.15) is 0 Å². The smallest absolute Gasteiger partial charge is 0.0499 e. The van der Waals surface area contributed by atoms with E-state index in [1.165, 1.54) is 0 Å². The molecule has 0 bridgehead atoms. The van der Waals surface area contributed by atoms with Crippen LogP contribution >= 0.6 is 59.0 Å². The first-order chi connectivity index (χ1) is 11.0. The summed E-state index contributed by atoms with van der Waals surface area (Å²) >= 11 is 29.3. The molecule has 3 aromatic rings. The van der Waals surface area contributed by atoms with Gasteiger partial charge < -0.3 is 0 Å². The number of rotatable bonds is 2. The summed E-state index contributed by atoms with van der Waals surface area (Å²) in [5, 5.41) is 2.40. The zero-order valence-electron chi connectivity index (χ0n) is 11.7. The molecule has 0 aromatic heterocycles. The fraction of sp³-hybridized carbons (Fsp3) is 0. The number of hydrogen-bond acceptors (Lipinski definition) is 1. The van der Waals surface area contributed by atoms with E-state index >= 15 is 0 Å². The third-order valence-electron chi connectivity index (χ3n) is 3.45. The lowest BCUT2D eigenvalue weighted by Gasteiger charge is -2.14. The first kappa shape index (κ1) is 17.0. The van der Waals surface area contributed by atoms with Gasteiger partial charge in [-0.15, -0.1) is 12.6 Å². The highest BCUT2D eigenvalue weighted by Gasteiger charge is 2.14. The molecule has 23 heavy (non-hydrogen) atoms. The predicted molar refractivity (Wildman–Crippen MR) is 105 cm³/mol. The second kappa shape index (κ2) is 6.96.